The summed E-state index contributed by atoms with van der Waals surface area (Å²) in [4.78, 5) is 18.2. The Morgan fingerprint density at radius 2 is 1.65 bits per heavy atom. The van der Waals surface area contributed by atoms with E-state index in [4.69, 9.17) is 0 Å². The van der Waals surface area contributed by atoms with E-state index < -0.39 is 15.9 Å². The molecule has 196 valence electrons. The van der Waals surface area contributed by atoms with Crippen LogP contribution in [0.5, 0.6) is 0 Å². The summed E-state index contributed by atoms with van der Waals surface area (Å²) in [5, 5.41) is 0. The van der Waals surface area contributed by atoms with Gasteiger partial charge in [-0.2, -0.15) is 4.31 Å². The van der Waals surface area contributed by atoms with E-state index >= 15 is 0 Å². The zero-order valence-corrected chi connectivity index (χ0v) is 25.5. The van der Waals surface area contributed by atoms with Gasteiger partial charge in [0.05, 0.1) is 9.70 Å². The topological polar surface area (TPSA) is 60.9 Å². The first-order valence-corrected chi connectivity index (χ1v) is 16.1. The number of anilines is 1. The van der Waals surface area contributed by atoms with Crippen LogP contribution < -0.4 is 4.90 Å². The van der Waals surface area contributed by atoms with Crippen molar-refractivity contribution in [3.63, 3.8) is 0 Å². The maximum absolute atomic E-state index is 13.9. The summed E-state index contributed by atoms with van der Waals surface area (Å²) in [6.07, 6.45) is 0. The number of carbonyl (C=O) groups excluding carboxylic acids is 1. The van der Waals surface area contributed by atoms with Gasteiger partial charge in [0.25, 0.3) is 10.0 Å². The second kappa shape index (κ2) is 10.8. The number of amides is 1. The van der Waals surface area contributed by atoms with E-state index in [0.29, 0.717) is 24.1 Å². The van der Waals surface area contributed by atoms with Crippen LogP contribution in [0.3, 0.4) is 0 Å². The van der Waals surface area contributed by atoms with Crippen molar-refractivity contribution in [3.05, 3.63) is 79.5 Å². The van der Waals surface area contributed by atoms with Crippen LogP contribution in [0.4, 0.5) is 5.69 Å². The molecule has 2 aliphatic rings. The molecule has 2 aliphatic heterocycles. The number of piperazine rings is 1. The van der Waals surface area contributed by atoms with E-state index in [9.17, 15) is 13.2 Å². The van der Waals surface area contributed by atoms with Gasteiger partial charge < -0.3 is 9.80 Å². The zero-order valence-electron chi connectivity index (χ0n) is 20.7. The first-order chi connectivity index (χ1) is 17.7. The summed E-state index contributed by atoms with van der Waals surface area (Å²) >= 11 is 7.99. The molecular weight excluding hydrogens is 638 g/mol. The lowest BCUT2D eigenvalue weighted by Gasteiger charge is -2.38. The highest BCUT2D eigenvalue weighted by atomic mass is 79.9. The van der Waals surface area contributed by atoms with Crippen molar-refractivity contribution in [3.8, 4) is 0 Å². The Morgan fingerprint density at radius 1 is 0.946 bits per heavy atom. The van der Waals surface area contributed by atoms with Gasteiger partial charge in [-0.3, -0.25) is 4.79 Å². The smallest absolute Gasteiger partial charge is 0.252 e. The number of hydrogen-bond donors (Lipinski definition) is 0. The lowest BCUT2D eigenvalue weighted by molar-refractivity contribution is -0.135. The van der Waals surface area contributed by atoms with Crippen LogP contribution in [0.1, 0.15) is 22.6 Å². The molecule has 0 saturated carbocycles. The molecule has 37 heavy (non-hydrogen) atoms. The molecule has 0 aliphatic carbocycles. The molecule has 5 rings (SSSR count). The van der Waals surface area contributed by atoms with Crippen LogP contribution in [-0.2, 0) is 14.8 Å². The minimum absolute atomic E-state index is 0.0423. The Balaban J connectivity index is 1.36. The van der Waals surface area contributed by atoms with Crippen LogP contribution in [0.25, 0.3) is 0 Å². The normalized spacial score (nSPS) is 21.0. The van der Waals surface area contributed by atoms with Gasteiger partial charge in [0, 0.05) is 55.3 Å². The van der Waals surface area contributed by atoms with Crippen molar-refractivity contribution in [2.45, 2.75) is 24.0 Å². The fraction of sp³-hybridized carbons (Fsp3) is 0.370. The molecule has 2 saturated heterocycles. The monoisotopic (exact) mass is 665 g/mol. The molecule has 1 aromatic heterocycles. The van der Waals surface area contributed by atoms with Crippen LogP contribution in [-0.4, -0.2) is 62.8 Å². The lowest BCUT2D eigenvalue weighted by Crippen LogP contribution is -2.51. The van der Waals surface area contributed by atoms with Crippen molar-refractivity contribution in [1.82, 2.24) is 9.21 Å². The number of hydrogen-bond acceptors (Lipinski definition) is 5. The molecule has 0 unspecified atom stereocenters. The van der Waals surface area contributed by atoms with Crippen LogP contribution in [0.15, 0.2) is 67.1 Å². The molecule has 0 bridgehead atoms. The number of sulfonamides is 1. The minimum atomic E-state index is -3.72. The van der Waals surface area contributed by atoms with Gasteiger partial charge in [0.2, 0.25) is 5.91 Å². The fourth-order valence-corrected chi connectivity index (χ4v) is 9.78. The maximum Gasteiger partial charge on any atom is 0.252 e. The van der Waals surface area contributed by atoms with E-state index in [-0.39, 0.29) is 22.6 Å². The molecule has 0 N–H and O–H groups in total. The number of thiophene rings is 1. The highest BCUT2D eigenvalue weighted by Gasteiger charge is 2.45. The van der Waals surface area contributed by atoms with Crippen molar-refractivity contribution in [2.24, 2.45) is 5.92 Å². The zero-order chi connectivity index (χ0) is 26.3. The molecule has 2 atom stereocenters. The molecule has 0 radical (unpaired) electrons. The summed E-state index contributed by atoms with van der Waals surface area (Å²) in [5.74, 6) is -0.565. The third-order valence-corrected chi connectivity index (χ3v) is 13.1. The lowest BCUT2D eigenvalue weighted by atomic mass is 9.88. The first kappa shape index (κ1) is 26.9. The molecule has 10 heteroatoms. The molecule has 2 aromatic carbocycles. The molecule has 0 spiro atoms. The van der Waals surface area contributed by atoms with Crippen molar-refractivity contribution >= 4 is 64.8 Å². The third kappa shape index (κ3) is 5.28. The summed E-state index contributed by atoms with van der Waals surface area (Å²) in [7, 11) is -3.72. The van der Waals surface area contributed by atoms with Crippen molar-refractivity contribution < 1.29 is 13.2 Å². The van der Waals surface area contributed by atoms with Crippen molar-refractivity contribution in [1.29, 1.82) is 0 Å². The molecule has 1 amide bonds. The van der Waals surface area contributed by atoms with Crippen LogP contribution in [0, 0.1) is 19.8 Å². The Labute approximate surface area is 239 Å². The molecule has 6 nitrogen and oxygen atoms in total. The third-order valence-electron chi connectivity index (χ3n) is 7.56. The van der Waals surface area contributed by atoms with Gasteiger partial charge in [-0.25, -0.2) is 8.42 Å². The second-order valence-corrected chi connectivity index (χ2v) is 15.1. The SMILES string of the molecule is Cc1cccc(N2CCN(C(=O)[C@@H]3CN(S(=O)(=O)c4cc(Br)c(Br)s4)C[C@H]3c3ccccc3)CC2)c1C. The number of rotatable bonds is 5. The van der Waals surface area contributed by atoms with Crippen LogP contribution >= 0.6 is 43.2 Å². The van der Waals surface area contributed by atoms with Gasteiger partial charge in [0.15, 0.2) is 0 Å². The molecule has 2 fully saturated rings. The van der Waals surface area contributed by atoms with E-state index in [0.717, 1.165) is 22.4 Å². The van der Waals surface area contributed by atoms with Gasteiger partial charge in [-0.05, 0) is 74.5 Å². The predicted octanol–water partition coefficient (Wildman–Crippen LogP) is 5.64. The molecule has 3 aromatic rings. The highest BCUT2D eigenvalue weighted by molar-refractivity contribution is 9.13. The predicted molar refractivity (Wildman–Crippen MR) is 156 cm³/mol. The first-order valence-electron chi connectivity index (χ1n) is 12.3. The van der Waals surface area contributed by atoms with E-state index in [2.05, 4.69) is 68.8 Å². The summed E-state index contributed by atoms with van der Waals surface area (Å²) < 4.78 is 30.3. The maximum atomic E-state index is 13.9. The molecule has 3 heterocycles. The van der Waals surface area contributed by atoms with Crippen molar-refractivity contribution in [2.75, 3.05) is 44.2 Å². The standard InChI is InChI=1S/C27H29Br2N3O3S2/c1-18-7-6-10-24(19(18)2)30-11-13-31(14-12-30)27(33)22-17-32(16-21(22)20-8-4-3-5-9-20)37(34,35)25-15-23(28)26(29)36-25/h3-10,15,21-22H,11-14,16-17H2,1-2H3/t21-,22+/m0/s1. The van der Waals surface area contributed by atoms with E-state index in [1.54, 1.807) is 6.07 Å². The minimum Gasteiger partial charge on any atom is -0.368 e. The number of aryl methyl sites for hydroxylation is 1. The number of nitrogens with zero attached hydrogens (tertiary/aromatic N) is 3. The Kier molecular flexibility index (Phi) is 7.85. The Hall–Kier alpha value is -1.72. The number of halogens is 2. The van der Waals surface area contributed by atoms with Gasteiger partial charge in [0.1, 0.15) is 4.21 Å². The van der Waals surface area contributed by atoms with Gasteiger partial charge in [-0.15, -0.1) is 11.3 Å². The molecular formula is C27H29Br2N3O3S2. The van der Waals surface area contributed by atoms with Gasteiger partial charge in [-0.1, -0.05) is 42.5 Å². The summed E-state index contributed by atoms with van der Waals surface area (Å²) in [6.45, 7) is 7.52. The number of benzene rings is 2. The number of carbonyl (C=O) groups is 1. The largest absolute Gasteiger partial charge is 0.368 e. The average Bonchev–Trinajstić information content (AvgIpc) is 3.50. The second-order valence-electron chi connectivity index (χ2n) is 9.66. The van der Waals surface area contributed by atoms with Gasteiger partial charge >= 0.3 is 0 Å². The summed E-state index contributed by atoms with van der Waals surface area (Å²) in [6, 6.07) is 17.8. The highest BCUT2D eigenvalue weighted by Crippen LogP contribution is 2.41. The average molecular weight is 667 g/mol. The van der Waals surface area contributed by atoms with Crippen LogP contribution in [0.2, 0.25) is 0 Å². The fourth-order valence-electron chi connectivity index (χ4n) is 5.31. The summed E-state index contributed by atoms with van der Waals surface area (Å²) in [5.41, 5.74) is 4.76. The van der Waals surface area contributed by atoms with E-state index in [1.165, 1.54) is 32.5 Å². The quantitative estimate of drug-likeness (QED) is 0.354. The Bertz CT molecular complexity index is 1380. The van der Waals surface area contributed by atoms with E-state index in [1.807, 2.05) is 35.2 Å². The Morgan fingerprint density at radius 3 is 2.30 bits per heavy atom.